The first-order valence-corrected chi connectivity index (χ1v) is 6.01. The molecule has 1 saturated carbocycles. The fourth-order valence-electron chi connectivity index (χ4n) is 1.85. The van der Waals surface area contributed by atoms with Gasteiger partial charge >= 0.3 is 5.97 Å². The first kappa shape index (κ1) is 12.6. The van der Waals surface area contributed by atoms with Gasteiger partial charge in [0.25, 0.3) is 0 Å². The highest BCUT2D eigenvalue weighted by molar-refractivity contribution is 5.96. The molecule has 0 radical (unpaired) electrons. The van der Waals surface area contributed by atoms with E-state index < -0.39 is 5.97 Å². The zero-order valence-electron chi connectivity index (χ0n) is 10.4. The Bertz CT molecular complexity index is 446. The molecule has 0 aromatic carbocycles. The van der Waals surface area contributed by atoms with Crippen molar-refractivity contribution in [3.05, 3.63) is 17.8 Å². The Morgan fingerprint density at radius 3 is 3.00 bits per heavy atom. The van der Waals surface area contributed by atoms with Crippen LogP contribution in [0.5, 0.6) is 0 Å². The molecule has 6 heteroatoms. The van der Waals surface area contributed by atoms with Crippen LogP contribution in [0.2, 0.25) is 0 Å². The molecule has 98 valence electrons. The molecule has 1 aliphatic rings. The first-order valence-electron chi connectivity index (χ1n) is 6.01. The van der Waals surface area contributed by atoms with Crippen molar-refractivity contribution in [3.8, 4) is 0 Å². The number of nitrogen functional groups attached to an aromatic ring is 1. The molecular formula is C12H18N4O2. The maximum absolute atomic E-state index is 10.9. The van der Waals surface area contributed by atoms with Crippen molar-refractivity contribution in [1.29, 1.82) is 0 Å². The molecule has 6 nitrogen and oxygen atoms in total. The third-order valence-electron chi connectivity index (χ3n) is 3.15. The topological polar surface area (TPSA) is 91.5 Å². The number of aromatic nitrogens is 1. The van der Waals surface area contributed by atoms with Gasteiger partial charge in [0, 0.05) is 25.3 Å². The average molecular weight is 250 g/mol. The highest BCUT2D eigenvalue weighted by Gasteiger charge is 2.25. The first-order chi connectivity index (χ1) is 8.59. The van der Waals surface area contributed by atoms with E-state index in [1.807, 2.05) is 0 Å². The number of likely N-dealkylation sites (N-methyl/N-ethyl adjacent to an activating group) is 1. The van der Waals surface area contributed by atoms with E-state index in [0.717, 1.165) is 6.54 Å². The molecule has 1 aromatic heterocycles. The monoisotopic (exact) mass is 250 g/mol. The second-order valence-electron chi connectivity index (χ2n) is 4.56. The summed E-state index contributed by atoms with van der Waals surface area (Å²) >= 11 is 0. The number of hydrogen-bond acceptors (Lipinski definition) is 5. The number of nitrogens with one attached hydrogen (secondary N) is 1. The highest BCUT2D eigenvalue weighted by Crippen LogP contribution is 2.25. The van der Waals surface area contributed by atoms with Gasteiger partial charge < -0.3 is 21.1 Å². The Labute approximate surface area is 106 Å². The number of carbonyl (C=O) groups is 1. The van der Waals surface area contributed by atoms with Crippen molar-refractivity contribution >= 4 is 17.5 Å². The number of carboxylic acid groups (broad SMARTS) is 1. The predicted molar refractivity (Wildman–Crippen MR) is 69.8 cm³/mol. The summed E-state index contributed by atoms with van der Waals surface area (Å²) in [6.07, 6.45) is 3.99. The van der Waals surface area contributed by atoms with Crippen LogP contribution in [-0.2, 0) is 0 Å². The Kier molecular flexibility index (Phi) is 3.66. The maximum Gasteiger partial charge on any atom is 0.337 e. The van der Waals surface area contributed by atoms with E-state index in [2.05, 4.69) is 22.2 Å². The van der Waals surface area contributed by atoms with Crippen LogP contribution in [0, 0.1) is 0 Å². The molecule has 2 rings (SSSR count). The van der Waals surface area contributed by atoms with Crippen molar-refractivity contribution in [2.75, 3.05) is 31.2 Å². The lowest BCUT2D eigenvalue weighted by Crippen LogP contribution is -2.27. The van der Waals surface area contributed by atoms with Crippen LogP contribution < -0.4 is 11.1 Å². The summed E-state index contributed by atoms with van der Waals surface area (Å²) in [6.45, 7) is 1.59. The summed E-state index contributed by atoms with van der Waals surface area (Å²) in [4.78, 5) is 17.3. The van der Waals surface area contributed by atoms with E-state index >= 15 is 0 Å². The fraction of sp³-hybridized carbons (Fsp3) is 0.500. The van der Waals surface area contributed by atoms with E-state index in [4.69, 9.17) is 10.8 Å². The summed E-state index contributed by atoms with van der Waals surface area (Å²) < 4.78 is 0. The minimum Gasteiger partial charge on any atom is -0.478 e. The van der Waals surface area contributed by atoms with Gasteiger partial charge in [-0.2, -0.15) is 0 Å². The maximum atomic E-state index is 10.9. The normalized spacial score (nSPS) is 14.8. The Balaban J connectivity index is 1.92. The summed E-state index contributed by atoms with van der Waals surface area (Å²) in [5.41, 5.74) is 6.03. The van der Waals surface area contributed by atoms with Gasteiger partial charge in [-0.05, 0) is 26.0 Å². The largest absolute Gasteiger partial charge is 0.478 e. The SMILES string of the molecule is CN(CCNc1nccc(C(=O)O)c1N)C1CC1. The standard InChI is InChI=1S/C12H18N4O2/c1-16(8-2-3-8)7-6-15-11-10(13)9(12(17)18)4-5-14-11/h4-5,8H,2-3,6-7,13H2,1H3,(H,14,15)(H,17,18). The summed E-state index contributed by atoms with van der Waals surface area (Å²) in [6, 6.07) is 2.11. The molecule has 4 N–H and O–H groups in total. The Morgan fingerprint density at radius 1 is 1.67 bits per heavy atom. The van der Waals surface area contributed by atoms with Crippen LogP contribution in [-0.4, -0.2) is 47.1 Å². The average Bonchev–Trinajstić information content (AvgIpc) is 3.14. The van der Waals surface area contributed by atoms with Crippen molar-refractivity contribution < 1.29 is 9.90 Å². The zero-order valence-corrected chi connectivity index (χ0v) is 10.4. The number of carboxylic acids is 1. The van der Waals surface area contributed by atoms with E-state index in [1.54, 1.807) is 0 Å². The van der Waals surface area contributed by atoms with Gasteiger partial charge in [-0.15, -0.1) is 0 Å². The molecule has 0 bridgehead atoms. The summed E-state index contributed by atoms with van der Waals surface area (Å²) in [7, 11) is 2.09. The van der Waals surface area contributed by atoms with E-state index in [0.29, 0.717) is 18.4 Å². The molecule has 1 aliphatic carbocycles. The molecule has 0 unspecified atom stereocenters. The van der Waals surface area contributed by atoms with Crippen LogP contribution in [0.25, 0.3) is 0 Å². The molecule has 0 atom stereocenters. The quantitative estimate of drug-likeness (QED) is 0.694. The number of rotatable bonds is 6. The molecule has 18 heavy (non-hydrogen) atoms. The van der Waals surface area contributed by atoms with Gasteiger partial charge in [-0.1, -0.05) is 0 Å². The molecular weight excluding hydrogens is 232 g/mol. The Morgan fingerprint density at radius 2 is 2.39 bits per heavy atom. The lowest BCUT2D eigenvalue weighted by atomic mass is 10.2. The summed E-state index contributed by atoms with van der Waals surface area (Å²) in [5.74, 6) is -0.591. The van der Waals surface area contributed by atoms with Crippen molar-refractivity contribution in [2.24, 2.45) is 0 Å². The van der Waals surface area contributed by atoms with E-state index in [9.17, 15) is 4.79 Å². The number of nitrogens with zero attached hydrogens (tertiary/aromatic N) is 2. The van der Waals surface area contributed by atoms with Gasteiger partial charge in [-0.25, -0.2) is 9.78 Å². The molecule has 0 spiro atoms. The second kappa shape index (κ2) is 5.22. The van der Waals surface area contributed by atoms with Gasteiger partial charge in [0.2, 0.25) is 0 Å². The fourth-order valence-corrected chi connectivity index (χ4v) is 1.85. The molecule has 1 heterocycles. The molecule has 0 aliphatic heterocycles. The lowest BCUT2D eigenvalue weighted by Gasteiger charge is -2.16. The zero-order chi connectivity index (χ0) is 13.1. The third kappa shape index (κ3) is 2.89. The minimum atomic E-state index is -1.03. The van der Waals surface area contributed by atoms with Gasteiger partial charge in [0.05, 0.1) is 11.3 Å². The lowest BCUT2D eigenvalue weighted by molar-refractivity contribution is 0.0698. The molecule has 1 aromatic rings. The van der Waals surface area contributed by atoms with Crippen LogP contribution in [0.15, 0.2) is 12.3 Å². The van der Waals surface area contributed by atoms with Crippen LogP contribution in [0.4, 0.5) is 11.5 Å². The van der Waals surface area contributed by atoms with Crippen LogP contribution >= 0.6 is 0 Å². The Hall–Kier alpha value is -1.82. The van der Waals surface area contributed by atoms with E-state index in [1.165, 1.54) is 25.1 Å². The second-order valence-corrected chi connectivity index (χ2v) is 4.56. The molecule has 0 amide bonds. The van der Waals surface area contributed by atoms with E-state index in [-0.39, 0.29) is 11.3 Å². The highest BCUT2D eigenvalue weighted by atomic mass is 16.4. The van der Waals surface area contributed by atoms with Crippen molar-refractivity contribution in [2.45, 2.75) is 18.9 Å². The number of aromatic carboxylic acids is 1. The van der Waals surface area contributed by atoms with Gasteiger partial charge in [-0.3, -0.25) is 0 Å². The minimum absolute atomic E-state index is 0.0862. The summed E-state index contributed by atoms with van der Waals surface area (Å²) in [5, 5.41) is 12.0. The van der Waals surface area contributed by atoms with Crippen molar-refractivity contribution in [3.63, 3.8) is 0 Å². The van der Waals surface area contributed by atoms with Gasteiger partial charge in [0.15, 0.2) is 0 Å². The van der Waals surface area contributed by atoms with Crippen LogP contribution in [0.3, 0.4) is 0 Å². The molecule has 0 saturated heterocycles. The number of nitrogens with two attached hydrogens (primary N) is 1. The van der Waals surface area contributed by atoms with Gasteiger partial charge in [0.1, 0.15) is 5.82 Å². The smallest absolute Gasteiger partial charge is 0.337 e. The number of anilines is 2. The number of pyridine rings is 1. The van der Waals surface area contributed by atoms with Crippen LogP contribution in [0.1, 0.15) is 23.2 Å². The number of hydrogen-bond donors (Lipinski definition) is 3. The predicted octanol–water partition coefficient (Wildman–Crippen LogP) is 0.868. The molecule has 1 fully saturated rings. The van der Waals surface area contributed by atoms with Crippen molar-refractivity contribution in [1.82, 2.24) is 9.88 Å². The third-order valence-corrected chi connectivity index (χ3v) is 3.15.